The van der Waals surface area contributed by atoms with Crippen LogP contribution in [0.2, 0.25) is 0 Å². The fraction of sp³-hybridized carbons (Fsp3) is 0.286. The molecule has 0 saturated heterocycles. The molecule has 0 amide bonds. The number of rotatable bonds is 7. The molecule has 0 bridgehead atoms. The van der Waals surface area contributed by atoms with Crippen LogP contribution in [-0.2, 0) is 22.6 Å². The smallest absolute Gasteiger partial charge is 0.333 e. The molecule has 2 aromatic carbocycles. The molecule has 0 aliphatic heterocycles. The Morgan fingerprint density at radius 1 is 1.12 bits per heavy atom. The average molecular weight is 324 g/mol. The Morgan fingerprint density at radius 3 is 2.42 bits per heavy atom. The molecule has 1 N–H and O–H groups in total. The third-order valence-electron chi connectivity index (χ3n) is 3.97. The second-order valence-corrected chi connectivity index (χ2v) is 6.02. The molecule has 3 nitrogen and oxygen atoms in total. The first-order valence-electron chi connectivity index (χ1n) is 8.13. The minimum Gasteiger partial charge on any atom is -0.457 e. The summed E-state index contributed by atoms with van der Waals surface area (Å²) in [6, 6.07) is 14.5. The largest absolute Gasteiger partial charge is 0.457 e. The predicted molar refractivity (Wildman–Crippen MR) is 96.6 cm³/mol. The molecular formula is C21H24O3. The van der Waals surface area contributed by atoms with Crippen molar-refractivity contribution in [3.63, 3.8) is 0 Å². The number of carbonyl (C=O) groups is 1. The van der Waals surface area contributed by atoms with Gasteiger partial charge in [0, 0.05) is 12.2 Å². The SMILES string of the molecule is C=C(C)C(=O)OCc1cc(-c2ccc(CCCO)cc2)ccc1C. The number of carbonyl (C=O) groups excluding carboxylic acids is 1. The van der Waals surface area contributed by atoms with Gasteiger partial charge in [-0.15, -0.1) is 0 Å². The predicted octanol–water partition coefficient (Wildman–Crippen LogP) is 4.21. The molecule has 2 aromatic rings. The third-order valence-corrected chi connectivity index (χ3v) is 3.97. The van der Waals surface area contributed by atoms with E-state index in [1.165, 1.54) is 5.56 Å². The molecule has 0 radical (unpaired) electrons. The van der Waals surface area contributed by atoms with Gasteiger partial charge in [0.05, 0.1) is 0 Å². The van der Waals surface area contributed by atoms with E-state index in [1.807, 2.05) is 13.0 Å². The summed E-state index contributed by atoms with van der Waals surface area (Å²) in [5.41, 5.74) is 5.92. The lowest BCUT2D eigenvalue weighted by atomic mass is 9.98. The number of ether oxygens (including phenoxy) is 1. The van der Waals surface area contributed by atoms with Gasteiger partial charge in [0.2, 0.25) is 0 Å². The Bertz CT molecular complexity index is 714. The van der Waals surface area contributed by atoms with E-state index in [0.717, 1.165) is 35.1 Å². The molecule has 2 rings (SSSR count). The normalized spacial score (nSPS) is 10.5. The number of aliphatic hydroxyl groups excluding tert-OH is 1. The second-order valence-electron chi connectivity index (χ2n) is 6.02. The van der Waals surface area contributed by atoms with Crippen molar-refractivity contribution in [3.05, 3.63) is 71.3 Å². The highest BCUT2D eigenvalue weighted by molar-refractivity contribution is 5.86. The number of benzene rings is 2. The van der Waals surface area contributed by atoms with Crippen molar-refractivity contribution in [2.45, 2.75) is 33.3 Å². The van der Waals surface area contributed by atoms with Gasteiger partial charge < -0.3 is 9.84 Å². The number of hydrogen-bond acceptors (Lipinski definition) is 3. The molecule has 0 aromatic heterocycles. The van der Waals surface area contributed by atoms with E-state index in [2.05, 4.69) is 43.0 Å². The van der Waals surface area contributed by atoms with Crippen molar-refractivity contribution in [2.24, 2.45) is 0 Å². The molecule has 0 aliphatic rings. The molecule has 0 spiro atoms. The Balaban J connectivity index is 2.14. The van der Waals surface area contributed by atoms with Gasteiger partial charge in [-0.2, -0.15) is 0 Å². The summed E-state index contributed by atoms with van der Waals surface area (Å²) in [6.45, 7) is 7.71. The molecule has 0 aliphatic carbocycles. The van der Waals surface area contributed by atoms with Gasteiger partial charge in [-0.3, -0.25) is 0 Å². The van der Waals surface area contributed by atoms with E-state index in [4.69, 9.17) is 9.84 Å². The van der Waals surface area contributed by atoms with Gasteiger partial charge in [-0.05, 0) is 60.6 Å². The maximum Gasteiger partial charge on any atom is 0.333 e. The van der Waals surface area contributed by atoms with Crippen molar-refractivity contribution in [3.8, 4) is 11.1 Å². The summed E-state index contributed by atoms with van der Waals surface area (Å²) in [6.07, 6.45) is 1.66. The van der Waals surface area contributed by atoms with Crippen LogP contribution in [0.25, 0.3) is 11.1 Å². The van der Waals surface area contributed by atoms with Crippen LogP contribution in [0.4, 0.5) is 0 Å². The topological polar surface area (TPSA) is 46.5 Å². The quantitative estimate of drug-likeness (QED) is 0.613. The van der Waals surface area contributed by atoms with Gasteiger partial charge >= 0.3 is 5.97 Å². The zero-order chi connectivity index (χ0) is 17.5. The van der Waals surface area contributed by atoms with E-state index in [0.29, 0.717) is 5.57 Å². The van der Waals surface area contributed by atoms with E-state index in [-0.39, 0.29) is 19.2 Å². The van der Waals surface area contributed by atoms with Crippen LogP contribution in [0.15, 0.2) is 54.6 Å². The van der Waals surface area contributed by atoms with Crippen LogP contribution >= 0.6 is 0 Å². The fourth-order valence-corrected chi connectivity index (χ4v) is 2.42. The summed E-state index contributed by atoms with van der Waals surface area (Å²) in [5.74, 6) is -0.368. The zero-order valence-electron chi connectivity index (χ0n) is 14.3. The second kappa shape index (κ2) is 8.46. The van der Waals surface area contributed by atoms with Crippen LogP contribution in [-0.4, -0.2) is 17.7 Å². The van der Waals surface area contributed by atoms with Gasteiger partial charge in [0.1, 0.15) is 6.61 Å². The number of esters is 1. The van der Waals surface area contributed by atoms with Gasteiger partial charge in [0.15, 0.2) is 0 Å². The van der Waals surface area contributed by atoms with Crippen molar-refractivity contribution < 1.29 is 14.6 Å². The summed E-state index contributed by atoms with van der Waals surface area (Å²) < 4.78 is 5.26. The van der Waals surface area contributed by atoms with E-state index < -0.39 is 0 Å². The fourth-order valence-electron chi connectivity index (χ4n) is 2.42. The first kappa shape index (κ1) is 18.0. The lowest BCUT2D eigenvalue weighted by Gasteiger charge is -2.11. The highest BCUT2D eigenvalue weighted by Crippen LogP contribution is 2.24. The Morgan fingerprint density at radius 2 is 1.79 bits per heavy atom. The Kier molecular flexibility index (Phi) is 6.33. The molecule has 24 heavy (non-hydrogen) atoms. The molecule has 0 unspecified atom stereocenters. The monoisotopic (exact) mass is 324 g/mol. The molecule has 0 heterocycles. The summed E-state index contributed by atoms with van der Waals surface area (Å²) >= 11 is 0. The highest BCUT2D eigenvalue weighted by Gasteiger charge is 2.07. The first-order chi connectivity index (χ1) is 11.5. The molecular weight excluding hydrogens is 300 g/mol. The number of hydrogen-bond donors (Lipinski definition) is 1. The molecule has 0 saturated carbocycles. The van der Waals surface area contributed by atoms with Crippen LogP contribution in [0.1, 0.15) is 30.0 Å². The van der Waals surface area contributed by atoms with Crippen LogP contribution in [0, 0.1) is 6.92 Å². The van der Waals surface area contributed by atoms with E-state index in [9.17, 15) is 4.79 Å². The Hall–Kier alpha value is -2.39. The standard InChI is InChI=1S/C21H24O3/c1-15(2)21(23)24-14-20-13-19(9-6-16(20)3)18-10-7-17(8-11-18)5-4-12-22/h6-11,13,22H,1,4-5,12,14H2,2-3H3. The van der Waals surface area contributed by atoms with Crippen molar-refractivity contribution in [1.29, 1.82) is 0 Å². The van der Waals surface area contributed by atoms with Gasteiger partial charge in [-0.1, -0.05) is 43.0 Å². The summed E-state index contributed by atoms with van der Waals surface area (Å²) in [7, 11) is 0. The number of aryl methyl sites for hydroxylation is 2. The average Bonchev–Trinajstić information content (AvgIpc) is 2.59. The molecule has 0 atom stereocenters. The maximum absolute atomic E-state index is 11.6. The van der Waals surface area contributed by atoms with Crippen LogP contribution in [0.3, 0.4) is 0 Å². The summed E-state index contributed by atoms with van der Waals surface area (Å²) in [5, 5.41) is 8.90. The highest BCUT2D eigenvalue weighted by atomic mass is 16.5. The summed E-state index contributed by atoms with van der Waals surface area (Å²) in [4.78, 5) is 11.6. The molecule has 126 valence electrons. The van der Waals surface area contributed by atoms with E-state index >= 15 is 0 Å². The maximum atomic E-state index is 11.6. The minimum atomic E-state index is -0.368. The van der Waals surface area contributed by atoms with Gasteiger partial charge in [-0.25, -0.2) is 4.79 Å². The van der Waals surface area contributed by atoms with Crippen LogP contribution < -0.4 is 0 Å². The van der Waals surface area contributed by atoms with E-state index in [1.54, 1.807) is 6.92 Å². The molecule has 0 fully saturated rings. The lowest BCUT2D eigenvalue weighted by molar-refractivity contribution is -0.140. The number of aliphatic hydroxyl groups is 1. The first-order valence-corrected chi connectivity index (χ1v) is 8.13. The third kappa shape index (κ3) is 4.80. The molecule has 3 heteroatoms. The minimum absolute atomic E-state index is 0.214. The zero-order valence-corrected chi connectivity index (χ0v) is 14.3. The van der Waals surface area contributed by atoms with Crippen LogP contribution in [0.5, 0.6) is 0 Å². The Labute approximate surface area is 143 Å². The lowest BCUT2D eigenvalue weighted by Crippen LogP contribution is -2.05. The van der Waals surface area contributed by atoms with Crippen molar-refractivity contribution in [1.82, 2.24) is 0 Å². The van der Waals surface area contributed by atoms with Gasteiger partial charge in [0.25, 0.3) is 0 Å². The van der Waals surface area contributed by atoms with Crippen molar-refractivity contribution in [2.75, 3.05) is 6.61 Å². The van der Waals surface area contributed by atoms with Crippen molar-refractivity contribution >= 4 is 5.97 Å².